The van der Waals surface area contributed by atoms with Crippen molar-refractivity contribution in [3.8, 4) is 5.75 Å². The van der Waals surface area contributed by atoms with Crippen LogP contribution in [0.2, 0.25) is 0 Å². The third kappa shape index (κ3) is 3.98. The topological polar surface area (TPSA) is 77.9 Å². The molecule has 1 aromatic heterocycles. The highest BCUT2D eigenvalue weighted by Gasteiger charge is 2.37. The molecule has 2 heterocycles. The maximum absolute atomic E-state index is 13.3. The van der Waals surface area contributed by atoms with E-state index in [0.717, 1.165) is 15.6 Å². The van der Waals surface area contributed by atoms with Crippen LogP contribution < -0.4 is 0 Å². The number of piperazine rings is 1. The van der Waals surface area contributed by atoms with Crippen LogP contribution in [-0.4, -0.2) is 48.3 Å². The molecule has 30 heavy (non-hydrogen) atoms. The van der Waals surface area contributed by atoms with E-state index in [4.69, 9.17) is 0 Å². The second kappa shape index (κ2) is 8.22. The Morgan fingerprint density at radius 2 is 1.87 bits per heavy atom. The number of amides is 1. The summed E-state index contributed by atoms with van der Waals surface area (Å²) in [5, 5.41) is 9.50. The van der Waals surface area contributed by atoms with Crippen LogP contribution in [0, 0.1) is 0 Å². The molecule has 1 atom stereocenters. The molecule has 1 N–H and O–H groups in total. The van der Waals surface area contributed by atoms with Crippen LogP contribution in [0.15, 0.2) is 67.3 Å². The van der Waals surface area contributed by atoms with Crippen LogP contribution >= 0.6 is 11.3 Å². The third-order valence-corrected chi connectivity index (χ3v) is 8.68. The maximum Gasteiger partial charge on any atom is 0.238 e. The van der Waals surface area contributed by atoms with Gasteiger partial charge < -0.3 is 10.0 Å². The number of carbonyl (C=O) groups is 1. The van der Waals surface area contributed by atoms with Crippen molar-refractivity contribution in [2.24, 2.45) is 0 Å². The number of aromatic hydroxyl groups is 1. The molecule has 0 aliphatic carbocycles. The molecular weight excluding hydrogens is 420 g/mol. The predicted molar refractivity (Wildman–Crippen MR) is 119 cm³/mol. The van der Waals surface area contributed by atoms with Crippen LogP contribution in [0.4, 0.5) is 0 Å². The lowest BCUT2D eigenvalue weighted by Gasteiger charge is -2.35. The van der Waals surface area contributed by atoms with Gasteiger partial charge in [0.05, 0.1) is 6.54 Å². The highest BCUT2D eigenvalue weighted by atomic mass is 32.2. The van der Waals surface area contributed by atoms with Gasteiger partial charge in [-0.2, -0.15) is 4.31 Å². The van der Waals surface area contributed by atoms with E-state index < -0.39 is 15.3 Å². The lowest BCUT2D eigenvalue weighted by atomic mass is 10.2. The van der Waals surface area contributed by atoms with Gasteiger partial charge in [-0.3, -0.25) is 4.79 Å². The molecule has 1 fully saturated rings. The van der Waals surface area contributed by atoms with Crippen molar-refractivity contribution >= 4 is 37.4 Å². The monoisotopic (exact) mass is 442 g/mol. The first-order chi connectivity index (χ1) is 14.4. The second-order valence-corrected chi connectivity index (χ2v) is 10.4. The zero-order valence-corrected chi connectivity index (χ0v) is 17.9. The van der Waals surface area contributed by atoms with E-state index in [9.17, 15) is 18.3 Å². The van der Waals surface area contributed by atoms with Gasteiger partial charge in [-0.05, 0) is 35.2 Å². The molecule has 4 rings (SSSR count). The van der Waals surface area contributed by atoms with E-state index in [2.05, 4.69) is 6.58 Å². The third-order valence-electron chi connectivity index (χ3n) is 5.21. The highest BCUT2D eigenvalue weighted by Crippen LogP contribution is 2.36. The molecule has 1 saturated heterocycles. The van der Waals surface area contributed by atoms with E-state index in [1.54, 1.807) is 29.2 Å². The van der Waals surface area contributed by atoms with Gasteiger partial charge in [0.25, 0.3) is 0 Å². The number of fused-ring (bicyclic) bond motifs is 1. The second-order valence-electron chi connectivity index (χ2n) is 7.20. The summed E-state index contributed by atoms with van der Waals surface area (Å²) in [5.74, 6) is -0.0743. The Morgan fingerprint density at radius 3 is 2.53 bits per heavy atom. The molecule has 0 saturated carbocycles. The summed E-state index contributed by atoms with van der Waals surface area (Å²) < 4.78 is 28.9. The standard InChI is InChI=1S/C22H22N2O4S2/c1-2-21(20-13-17-5-3-4-6-19(17)29-20)30(27,28)24-12-11-23(22(26)15-24)14-16-7-9-18(25)10-8-16/h2-10,13,21,25H,1,11-12,14-15H2. The number of carbonyl (C=O) groups excluding carboxylic acids is 1. The molecule has 0 spiro atoms. The average Bonchev–Trinajstić information content (AvgIpc) is 3.15. The van der Waals surface area contributed by atoms with Crippen LogP contribution in [0.3, 0.4) is 0 Å². The van der Waals surface area contributed by atoms with Gasteiger partial charge in [-0.15, -0.1) is 17.9 Å². The van der Waals surface area contributed by atoms with Crippen molar-refractivity contribution in [1.82, 2.24) is 9.21 Å². The first kappa shape index (κ1) is 20.6. The number of sulfonamides is 1. The highest BCUT2D eigenvalue weighted by molar-refractivity contribution is 7.89. The van der Waals surface area contributed by atoms with E-state index in [1.807, 2.05) is 30.3 Å². The summed E-state index contributed by atoms with van der Waals surface area (Å²) in [6, 6.07) is 16.3. The molecule has 3 aromatic rings. The van der Waals surface area contributed by atoms with Crippen molar-refractivity contribution in [1.29, 1.82) is 0 Å². The molecule has 8 heteroatoms. The minimum Gasteiger partial charge on any atom is -0.508 e. The lowest BCUT2D eigenvalue weighted by molar-refractivity contribution is -0.134. The molecule has 1 aliphatic heterocycles. The average molecular weight is 443 g/mol. The minimum absolute atomic E-state index is 0.165. The molecule has 6 nitrogen and oxygen atoms in total. The van der Waals surface area contributed by atoms with Crippen molar-refractivity contribution in [3.05, 3.63) is 77.7 Å². The number of benzene rings is 2. The number of hydrogen-bond acceptors (Lipinski definition) is 5. The van der Waals surface area contributed by atoms with Gasteiger partial charge in [0.15, 0.2) is 0 Å². The SMILES string of the molecule is C=CC(c1cc2ccccc2s1)S(=O)(=O)N1CCN(Cc2ccc(O)cc2)C(=O)C1. The summed E-state index contributed by atoms with van der Waals surface area (Å²) in [6.07, 6.45) is 1.44. The van der Waals surface area contributed by atoms with Crippen LogP contribution in [-0.2, 0) is 21.4 Å². The summed E-state index contributed by atoms with van der Waals surface area (Å²) in [5.41, 5.74) is 0.881. The van der Waals surface area contributed by atoms with Crippen molar-refractivity contribution < 1.29 is 18.3 Å². The van der Waals surface area contributed by atoms with Crippen LogP contribution in [0.1, 0.15) is 15.7 Å². The van der Waals surface area contributed by atoms with Gasteiger partial charge in [0.2, 0.25) is 15.9 Å². The quantitative estimate of drug-likeness (QED) is 0.593. The first-order valence-electron chi connectivity index (χ1n) is 9.54. The van der Waals surface area contributed by atoms with E-state index >= 15 is 0 Å². The molecule has 1 unspecified atom stereocenters. The van der Waals surface area contributed by atoms with Gasteiger partial charge >= 0.3 is 0 Å². The smallest absolute Gasteiger partial charge is 0.238 e. The number of phenolic OH excluding ortho intramolecular Hbond substituents is 1. The Hall–Kier alpha value is -2.68. The van der Waals surface area contributed by atoms with Gasteiger partial charge in [-0.1, -0.05) is 36.4 Å². The number of nitrogens with zero attached hydrogens (tertiary/aromatic N) is 2. The van der Waals surface area contributed by atoms with Gasteiger partial charge in [-0.25, -0.2) is 8.42 Å². The van der Waals surface area contributed by atoms with E-state index in [0.29, 0.717) is 18.0 Å². The minimum atomic E-state index is -3.76. The summed E-state index contributed by atoms with van der Waals surface area (Å²) in [4.78, 5) is 15.0. The largest absolute Gasteiger partial charge is 0.508 e. The summed E-state index contributed by atoms with van der Waals surface area (Å²) >= 11 is 1.43. The number of thiophene rings is 1. The molecule has 0 bridgehead atoms. The van der Waals surface area contributed by atoms with Crippen molar-refractivity contribution in [3.63, 3.8) is 0 Å². The Balaban J connectivity index is 1.50. The van der Waals surface area contributed by atoms with Crippen LogP contribution in [0.5, 0.6) is 5.75 Å². The zero-order chi connectivity index (χ0) is 21.3. The maximum atomic E-state index is 13.3. The Kier molecular flexibility index (Phi) is 5.64. The van der Waals surface area contributed by atoms with Crippen molar-refractivity contribution in [2.75, 3.05) is 19.6 Å². The van der Waals surface area contributed by atoms with E-state index in [-0.39, 0.29) is 24.7 Å². The molecule has 1 aliphatic rings. The molecule has 156 valence electrons. The number of phenols is 1. The van der Waals surface area contributed by atoms with Crippen LogP contribution in [0.25, 0.3) is 10.1 Å². The van der Waals surface area contributed by atoms with E-state index in [1.165, 1.54) is 21.7 Å². The molecule has 0 radical (unpaired) electrons. The fraction of sp³-hybridized carbons (Fsp3) is 0.227. The Morgan fingerprint density at radius 1 is 1.13 bits per heavy atom. The fourth-order valence-electron chi connectivity index (χ4n) is 3.58. The molecule has 1 amide bonds. The Labute approximate surface area is 179 Å². The van der Waals surface area contributed by atoms with Gasteiger partial charge in [0.1, 0.15) is 11.0 Å². The van der Waals surface area contributed by atoms with Crippen molar-refractivity contribution in [2.45, 2.75) is 11.8 Å². The Bertz CT molecular complexity index is 1150. The normalized spacial score (nSPS) is 16.7. The first-order valence-corrected chi connectivity index (χ1v) is 11.9. The zero-order valence-electron chi connectivity index (χ0n) is 16.3. The van der Waals surface area contributed by atoms with Gasteiger partial charge in [0, 0.05) is 29.2 Å². The summed E-state index contributed by atoms with van der Waals surface area (Å²) in [7, 11) is -3.76. The predicted octanol–water partition coefficient (Wildman–Crippen LogP) is 3.51. The lowest BCUT2D eigenvalue weighted by Crippen LogP contribution is -2.52. The molecular formula is C22H22N2O4S2. The molecule has 2 aromatic carbocycles. The summed E-state index contributed by atoms with van der Waals surface area (Å²) in [6.45, 7) is 4.50. The number of rotatable bonds is 6. The number of hydrogen-bond donors (Lipinski definition) is 1. The fourth-order valence-corrected chi connectivity index (χ4v) is 6.69.